The van der Waals surface area contributed by atoms with E-state index >= 15 is 0 Å². The standard InChI is InChI=1S/C17H18Cl2N4O2/c1-10-17(11(2)23(3)22-10)21-16(25)9-20-15(24)7-5-12-4-6-13(18)14(19)8-12/h4-8H,9H2,1-3H3,(H,20,24)(H,21,25)/b7-5+. The Morgan fingerprint density at radius 3 is 2.56 bits per heavy atom. The molecule has 0 aliphatic heterocycles. The molecular weight excluding hydrogens is 363 g/mol. The lowest BCUT2D eigenvalue weighted by molar-refractivity contribution is -0.121. The van der Waals surface area contributed by atoms with E-state index < -0.39 is 0 Å². The van der Waals surface area contributed by atoms with Crippen molar-refractivity contribution in [1.82, 2.24) is 15.1 Å². The Bertz CT molecular complexity index is 843. The molecule has 132 valence electrons. The fraction of sp³-hybridized carbons (Fsp3) is 0.235. The minimum Gasteiger partial charge on any atom is -0.343 e. The summed E-state index contributed by atoms with van der Waals surface area (Å²) in [5.74, 6) is -0.712. The van der Waals surface area contributed by atoms with Crippen molar-refractivity contribution in [3.8, 4) is 0 Å². The van der Waals surface area contributed by atoms with Crippen molar-refractivity contribution in [2.45, 2.75) is 13.8 Å². The predicted molar refractivity (Wildman–Crippen MR) is 99.8 cm³/mol. The molecule has 2 aromatic rings. The topological polar surface area (TPSA) is 76.0 Å². The average Bonchev–Trinajstić information content (AvgIpc) is 2.80. The van der Waals surface area contributed by atoms with Gasteiger partial charge in [0, 0.05) is 13.1 Å². The van der Waals surface area contributed by atoms with E-state index in [-0.39, 0.29) is 18.4 Å². The summed E-state index contributed by atoms with van der Waals surface area (Å²) >= 11 is 11.7. The number of nitrogens with zero attached hydrogens (tertiary/aromatic N) is 2. The van der Waals surface area contributed by atoms with E-state index in [1.54, 1.807) is 42.9 Å². The molecule has 0 atom stereocenters. The molecule has 6 nitrogen and oxygen atoms in total. The van der Waals surface area contributed by atoms with Crippen molar-refractivity contribution in [2.24, 2.45) is 7.05 Å². The largest absolute Gasteiger partial charge is 0.343 e. The van der Waals surface area contributed by atoms with Gasteiger partial charge in [0.2, 0.25) is 11.8 Å². The quantitative estimate of drug-likeness (QED) is 0.782. The van der Waals surface area contributed by atoms with E-state index in [1.807, 2.05) is 6.92 Å². The number of amides is 2. The van der Waals surface area contributed by atoms with Crippen LogP contribution in [0.1, 0.15) is 17.0 Å². The number of benzene rings is 1. The fourth-order valence-electron chi connectivity index (χ4n) is 2.15. The molecule has 2 N–H and O–H groups in total. The average molecular weight is 381 g/mol. The maximum absolute atomic E-state index is 12.0. The Morgan fingerprint density at radius 2 is 1.96 bits per heavy atom. The number of nitrogens with one attached hydrogen (secondary N) is 2. The first-order chi connectivity index (χ1) is 11.8. The van der Waals surface area contributed by atoms with E-state index in [2.05, 4.69) is 15.7 Å². The Labute approximate surface area is 155 Å². The predicted octanol–water partition coefficient (Wildman–Crippen LogP) is 3.11. The molecular formula is C17H18Cl2N4O2. The van der Waals surface area contributed by atoms with Crippen molar-refractivity contribution in [2.75, 3.05) is 11.9 Å². The first kappa shape index (κ1) is 19.0. The molecule has 8 heteroatoms. The van der Waals surface area contributed by atoms with Crippen LogP contribution in [0.2, 0.25) is 10.0 Å². The van der Waals surface area contributed by atoms with Crippen LogP contribution in [0, 0.1) is 13.8 Å². The van der Waals surface area contributed by atoms with Gasteiger partial charge in [-0.15, -0.1) is 0 Å². The van der Waals surface area contributed by atoms with Gasteiger partial charge in [-0.05, 0) is 37.6 Å². The second-order valence-corrected chi connectivity index (χ2v) is 6.26. The third kappa shape index (κ3) is 5.08. The van der Waals surface area contributed by atoms with Crippen LogP contribution in [-0.2, 0) is 16.6 Å². The van der Waals surface area contributed by atoms with Gasteiger partial charge in [0.15, 0.2) is 0 Å². The summed E-state index contributed by atoms with van der Waals surface area (Å²) in [6, 6.07) is 5.03. The maximum Gasteiger partial charge on any atom is 0.244 e. The highest BCUT2D eigenvalue weighted by Crippen LogP contribution is 2.23. The lowest BCUT2D eigenvalue weighted by Crippen LogP contribution is -2.31. The molecule has 0 radical (unpaired) electrons. The van der Waals surface area contributed by atoms with Crippen LogP contribution >= 0.6 is 23.2 Å². The number of aromatic nitrogens is 2. The lowest BCUT2D eigenvalue weighted by atomic mass is 10.2. The smallest absolute Gasteiger partial charge is 0.244 e. The molecule has 0 saturated carbocycles. The monoisotopic (exact) mass is 380 g/mol. The van der Waals surface area contributed by atoms with Crippen LogP contribution in [0.15, 0.2) is 24.3 Å². The van der Waals surface area contributed by atoms with Crippen molar-refractivity contribution in [3.63, 3.8) is 0 Å². The van der Waals surface area contributed by atoms with Crippen LogP contribution in [0.25, 0.3) is 6.08 Å². The molecule has 0 aliphatic carbocycles. The molecule has 0 unspecified atom stereocenters. The van der Waals surface area contributed by atoms with Gasteiger partial charge in [0.1, 0.15) is 0 Å². The fourth-order valence-corrected chi connectivity index (χ4v) is 2.46. The van der Waals surface area contributed by atoms with Crippen LogP contribution in [-0.4, -0.2) is 28.1 Å². The second-order valence-electron chi connectivity index (χ2n) is 5.44. The maximum atomic E-state index is 12.0. The van der Waals surface area contributed by atoms with Crippen LogP contribution in [0.4, 0.5) is 5.69 Å². The second kappa shape index (κ2) is 8.18. The molecule has 1 heterocycles. The van der Waals surface area contributed by atoms with Crippen LogP contribution < -0.4 is 10.6 Å². The van der Waals surface area contributed by atoms with Crippen molar-refractivity contribution < 1.29 is 9.59 Å². The SMILES string of the molecule is Cc1nn(C)c(C)c1NC(=O)CNC(=O)/C=C/c1ccc(Cl)c(Cl)c1. The first-order valence-electron chi connectivity index (χ1n) is 7.49. The number of carbonyl (C=O) groups is 2. The number of hydrogen-bond donors (Lipinski definition) is 2. The molecule has 0 saturated heterocycles. The third-order valence-corrected chi connectivity index (χ3v) is 4.31. The molecule has 0 spiro atoms. The zero-order chi connectivity index (χ0) is 18.6. The summed E-state index contributed by atoms with van der Waals surface area (Å²) in [7, 11) is 1.80. The normalized spacial score (nSPS) is 10.9. The summed E-state index contributed by atoms with van der Waals surface area (Å²) in [5, 5.41) is 10.3. The number of halogens is 2. The van der Waals surface area contributed by atoms with E-state index in [0.29, 0.717) is 15.7 Å². The summed E-state index contributed by atoms with van der Waals surface area (Å²) in [6.07, 6.45) is 2.91. The Hall–Kier alpha value is -2.31. The molecule has 2 amide bonds. The molecule has 1 aromatic carbocycles. The van der Waals surface area contributed by atoms with Gasteiger partial charge in [-0.2, -0.15) is 5.10 Å². The van der Waals surface area contributed by atoms with E-state index in [1.165, 1.54) is 6.08 Å². The first-order valence-corrected chi connectivity index (χ1v) is 8.24. The van der Waals surface area contributed by atoms with Crippen LogP contribution in [0.3, 0.4) is 0 Å². The third-order valence-electron chi connectivity index (χ3n) is 3.57. The highest BCUT2D eigenvalue weighted by molar-refractivity contribution is 6.42. The summed E-state index contributed by atoms with van der Waals surface area (Å²) in [4.78, 5) is 23.8. The van der Waals surface area contributed by atoms with E-state index in [4.69, 9.17) is 23.2 Å². The molecule has 2 rings (SSSR count). The zero-order valence-electron chi connectivity index (χ0n) is 14.1. The molecule has 0 fully saturated rings. The molecule has 25 heavy (non-hydrogen) atoms. The summed E-state index contributed by atoms with van der Waals surface area (Å²) < 4.78 is 1.68. The summed E-state index contributed by atoms with van der Waals surface area (Å²) in [5.41, 5.74) is 2.96. The minimum absolute atomic E-state index is 0.141. The van der Waals surface area contributed by atoms with Gasteiger partial charge in [-0.25, -0.2) is 0 Å². The number of carbonyl (C=O) groups excluding carboxylic acids is 2. The summed E-state index contributed by atoms with van der Waals surface area (Å²) in [6.45, 7) is 3.52. The lowest BCUT2D eigenvalue weighted by Gasteiger charge is -2.06. The number of rotatable bonds is 5. The van der Waals surface area contributed by atoms with E-state index in [0.717, 1.165) is 17.0 Å². The minimum atomic E-state index is -0.388. The van der Waals surface area contributed by atoms with Gasteiger partial charge in [-0.1, -0.05) is 29.3 Å². The number of aryl methyl sites for hydroxylation is 2. The molecule has 0 bridgehead atoms. The highest BCUT2D eigenvalue weighted by Gasteiger charge is 2.12. The Morgan fingerprint density at radius 1 is 1.24 bits per heavy atom. The van der Waals surface area contributed by atoms with Gasteiger partial charge in [0.05, 0.1) is 33.7 Å². The van der Waals surface area contributed by atoms with Gasteiger partial charge in [-0.3, -0.25) is 14.3 Å². The molecule has 1 aromatic heterocycles. The van der Waals surface area contributed by atoms with Crippen molar-refractivity contribution >= 4 is 46.8 Å². The van der Waals surface area contributed by atoms with Crippen molar-refractivity contribution in [3.05, 3.63) is 51.3 Å². The van der Waals surface area contributed by atoms with Crippen molar-refractivity contribution in [1.29, 1.82) is 0 Å². The van der Waals surface area contributed by atoms with Crippen LogP contribution in [0.5, 0.6) is 0 Å². The Balaban J connectivity index is 1.87. The number of hydrogen-bond acceptors (Lipinski definition) is 3. The van der Waals surface area contributed by atoms with E-state index in [9.17, 15) is 9.59 Å². The number of anilines is 1. The van der Waals surface area contributed by atoms with Gasteiger partial charge >= 0.3 is 0 Å². The molecule has 0 aliphatic rings. The van der Waals surface area contributed by atoms with Gasteiger partial charge < -0.3 is 10.6 Å². The van der Waals surface area contributed by atoms with Gasteiger partial charge in [0.25, 0.3) is 0 Å². The Kier molecular flexibility index (Phi) is 6.22. The zero-order valence-corrected chi connectivity index (χ0v) is 15.6. The highest BCUT2D eigenvalue weighted by atomic mass is 35.5.